The molecule has 118 valence electrons. The third-order valence-electron chi connectivity index (χ3n) is 4.16. The molecule has 1 aromatic heterocycles. The van der Waals surface area contributed by atoms with Crippen LogP contribution in [0.5, 0.6) is 5.88 Å². The van der Waals surface area contributed by atoms with Crippen molar-refractivity contribution in [3.63, 3.8) is 0 Å². The van der Waals surface area contributed by atoms with E-state index in [0.29, 0.717) is 6.61 Å². The average Bonchev–Trinajstić information content (AvgIpc) is 3.07. The lowest BCUT2D eigenvalue weighted by atomic mass is 9.96. The number of aliphatic hydroxyl groups excluding tert-OH is 1. The van der Waals surface area contributed by atoms with Gasteiger partial charge < -0.3 is 9.84 Å². The van der Waals surface area contributed by atoms with Crippen LogP contribution >= 0.6 is 0 Å². The lowest BCUT2D eigenvalue weighted by Crippen LogP contribution is -2.41. The van der Waals surface area contributed by atoms with Gasteiger partial charge in [0, 0.05) is 17.8 Å². The van der Waals surface area contributed by atoms with Gasteiger partial charge in [0.2, 0.25) is 5.88 Å². The van der Waals surface area contributed by atoms with Crippen molar-refractivity contribution in [3.05, 3.63) is 18.1 Å². The number of methoxy groups -OCH3 is 1. The molecule has 3 rings (SSSR count). The summed E-state index contributed by atoms with van der Waals surface area (Å²) in [6.45, 7) is 2.83. The number of aliphatic hydroxyl groups is 1. The molecular weight excluding hydrogens is 280 g/mol. The molecule has 7 heteroatoms. The highest BCUT2D eigenvalue weighted by Gasteiger charge is 2.43. The summed E-state index contributed by atoms with van der Waals surface area (Å²) in [5.74, 6) is -0.361. The van der Waals surface area contributed by atoms with Crippen molar-refractivity contribution in [2.24, 2.45) is 0 Å². The second kappa shape index (κ2) is 7.09. The maximum Gasteiger partial charge on any atom is 0.297 e. The minimum absolute atomic E-state index is 0.148. The Morgan fingerprint density at radius 1 is 1.38 bits per heavy atom. The fraction of sp³-hybridized carbons (Fsp3) is 0.714. The van der Waals surface area contributed by atoms with Gasteiger partial charge in [-0.1, -0.05) is 0 Å². The summed E-state index contributed by atoms with van der Waals surface area (Å²) < 4.78 is 28.4. The Labute approximate surface area is 123 Å². The van der Waals surface area contributed by atoms with E-state index in [2.05, 4.69) is 19.6 Å². The van der Waals surface area contributed by atoms with E-state index in [1.807, 2.05) is 0 Å². The number of alkyl halides is 2. The fourth-order valence-electron chi connectivity index (χ4n) is 3.06. The van der Waals surface area contributed by atoms with Crippen molar-refractivity contribution in [2.45, 2.75) is 37.6 Å². The molecule has 1 N–H and O–H groups in total. The molecule has 0 aliphatic carbocycles. The van der Waals surface area contributed by atoms with Gasteiger partial charge in [-0.05, 0) is 38.8 Å². The van der Waals surface area contributed by atoms with Gasteiger partial charge in [0.1, 0.15) is 0 Å². The number of ether oxygens (including phenoxy) is 1. The smallest absolute Gasteiger partial charge is 0.297 e. The zero-order valence-corrected chi connectivity index (χ0v) is 12.1. The molecule has 1 aromatic rings. The van der Waals surface area contributed by atoms with Gasteiger partial charge in [0.15, 0.2) is 5.82 Å². The molecule has 2 fully saturated rings. The third-order valence-corrected chi connectivity index (χ3v) is 4.16. The summed E-state index contributed by atoms with van der Waals surface area (Å²) in [6.07, 6.45) is 3.62. The van der Waals surface area contributed by atoms with Crippen LogP contribution in [-0.2, 0) is 0 Å². The first-order valence-corrected chi connectivity index (χ1v) is 7.12. The van der Waals surface area contributed by atoms with E-state index in [-0.39, 0.29) is 11.4 Å². The monoisotopic (exact) mass is 301 g/mol. The third kappa shape index (κ3) is 3.65. The molecule has 0 unspecified atom stereocenters. The predicted molar refractivity (Wildman–Crippen MR) is 73.4 cm³/mol. The van der Waals surface area contributed by atoms with Crippen LogP contribution in [0.25, 0.3) is 0 Å². The Kier molecular flexibility index (Phi) is 5.41. The number of fused-ring (bicyclic) bond motifs is 1. The number of rotatable bonds is 3. The minimum Gasteiger partial charge on any atom is -0.481 e. The van der Waals surface area contributed by atoms with E-state index in [4.69, 9.17) is 0 Å². The standard InChI is InChI=1S/C8H15NO.C6H6F2N2O/c10-7-8-3-1-5-9(8)6-2-4-8;1-11-4-2-3-9-6(10-4)5(7)8/h10H,1-7H2;2-3,5H,1H3. The highest BCUT2D eigenvalue weighted by atomic mass is 19.3. The van der Waals surface area contributed by atoms with E-state index in [0.717, 1.165) is 0 Å². The van der Waals surface area contributed by atoms with Gasteiger partial charge in [0.25, 0.3) is 6.43 Å². The number of halogens is 2. The van der Waals surface area contributed by atoms with Crippen LogP contribution in [0.4, 0.5) is 8.78 Å². The van der Waals surface area contributed by atoms with Crippen molar-refractivity contribution in [3.8, 4) is 5.88 Å². The molecule has 0 radical (unpaired) electrons. The molecule has 0 atom stereocenters. The Morgan fingerprint density at radius 3 is 2.52 bits per heavy atom. The van der Waals surface area contributed by atoms with Gasteiger partial charge >= 0.3 is 0 Å². The first-order valence-electron chi connectivity index (χ1n) is 7.12. The summed E-state index contributed by atoms with van der Waals surface area (Å²) in [5, 5.41) is 9.19. The van der Waals surface area contributed by atoms with Gasteiger partial charge in [-0.15, -0.1) is 0 Å². The normalized spacial score (nSPS) is 20.0. The van der Waals surface area contributed by atoms with Crippen molar-refractivity contribution in [2.75, 3.05) is 26.8 Å². The Bertz CT molecular complexity index is 450. The first-order chi connectivity index (χ1) is 10.1. The second-order valence-corrected chi connectivity index (χ2v) is 5.33. The predicted octanol–water partition coefficient (Wildman–Crippen LogP) is 2.03. The molecular formula is C14H21F2N3O2. The summed E-state index contributed by atoms with van der Waals surface area (Å²) in [6, 6.07) is 1.41. The Hall–Kier alpha value is -1.34. The molecule has 2 saturated heterocycles. The molecule has 3 heterocycles. The Balaban J connectivity index is 0.000000154. The van der Waals surface area contributed by atoms with Gasteiger partial charge in [-0.25, -0.2) is 13.8 Å². The van der Waals surface area contributed by atoms with Crippen LogP contribution in [0.3, 0.4) is 0 Å². The number of aromatic nitrogens is 2. The van der Waals surface area contributed by atoms with Crippen LogP contribution in [0.15, 0.2) is 12.3 Å². The molecule has 0 spiro atoms. The number of hydrogen-bond acceptors (Lipinski definition) is 5. The topological polar surface area (TPSA) is 58.5 Å². The van der Waals surface area contributed by atoms with E-state index in [1.54, 1.807) is 0 Å². The molecule has 0 saturated carbocycles. The van der Waals surface area contributed by atoms with Crippen LogP contribution in [0, 0.1) is 0 Å². The van der Waals surface area contributed by atoms with E-state index in [1.165, 1.54) is 58.1 Å². The largest absolute Gasteiger partial charge is 0.481 e. The fourth-order valence-corrected chi connectivity index (χ4v) is 3.06. The SMILES string of the molecule is COc1ccnc(C(F)F)n1.OCC12CCCN1CCC2. The Morgan fingerprint density at radius 2 is 2.05 bits per heavy atom. The second-order valence-electron chi connectivity index (χ2n) is 5.33. The summed E-state index contributed by atoms with van der Waals surface area (Å²) in [5.41, 5.74) is 0.236. The molecule has 0 aromatic carbocycles. The van der Waals surface area contributed by atoms with Gasteiger partial charge in [0.05, 0.1) is 13.7 Å². The summed E-state index contributed by atoms with van der Waals surface area (Å²) in [4.78, 5) is 9.22. The highest BCUT2D eigenvalue weighted by Crippen LogP contribution is 2.37. The molecule has 21 heavy (non-hydrogen) atoms. The van der Waals surface area contributed by atoms with Crippen molar-refractivity contribution < 1.29 is 18.6 Å². The van der Waals surface area contributed by atoms with Crippen molar-refractivity contribution in [1.29, 1.82) is 0 Å². The quantitative estimate of drug-likeness (QED) is 0.925. The average molecular weight is 301 g/mol. The first kappa shape index (κ1) is 16.0. The zero-order chi connectivity index (χ0) is 15.3. The minimum atomic E-state index is -2.65. The van der Waals surface area contributed by atoms with E-state index >= 15 is 0 Å². The van der Waals surface area contributed by atoms with E-state index < -0.39 is 12.2 Å². The zero-order valence-electron chi connectivity index (χ0n) is 12.1. The maximum atomic E-state index is 11.9. The lowest BCUT2D eigenvalue weighted by molar-refractivity contribution is 0.0999. The summed E-state index contributed by atoms with van der Waals surface area (Å²) >= 11 is 0. The molecule has 0 bridgehead atoms. The summed E-state index contributed by atoms with van der Waals surface area (Å²) in [7, 11) is 1.36. The van der Waals surface area contributed by atoms with Gasteiger partial charge in [-0.2, -0.15) is 4.98 Å². The van der Waals surface area contributed by atoms with Crippen LogP contribution < -0.4 is 4.74 Å². The number of hydrogen-bond donors (Lipinski definition) is 1. The molecule has 5 nitrogen and oxygen atoms in total. The van der Waals surface area contributed by atoms with Crippen molar-refractivity contribution >= 4 is 0 Å². The number of nitrogens with zero attached hydrogens (tertiary/aromatic N) is 3. The van der Waals surface area contributed by atoms with Crippen LogP contribution in [0.1, 0.15) is 37.9 Å². The van der Waals surface area contributed by atoms with Crippen LogP contribution in [-0.4, -0.2) is 52.3 Å². The molecule has 2 aliphatic rings. The molecule has 2 aliphatic heterocycles. The maximum absolute atomic E-state index is 11.9. The van der Waals surface area contributed by atoms with E-state index in [9.17, 15) is 13.9 Å². The van der Waals surface area contributed by atoms with Crippen LogP contribution in [0.2, 0.25) is 0 Å². The molecule has 0 amide bonds. The van der Waals surface area contributed by atoms with Crippen molar-refractivity contribution in [1.82, 2.24) is 14.9 Å². The van der Waals surface area contributed by atoms with Gasteiger partial charge in [-0.3, -0.25) is 4.90 Å². The highest BCUT2D eigenvalue weighted by molar-refractivity contribution is 5.08. The lowest BCUT2D eigenvalue weighted by Gasteiger charge is -2.29.